The Labute approximate surface area is 407 Å². The van der Waals surface area contributed by atoms with Crippen LogP contribution in [0.5, 0.6) is 0 Å². The van der Waals surface area contributed by atoms with Crippen LogP contribution in [0.3, 0.4) is 0 Å². The van der Waals surface area contributed by atoms with Crippen molar-refractivity contribution in [3.63, 3.8) is 0 Å². The minimum absolute atomic E-state index is 1.06. The summed E-state index contributed by atoms with van der Waals surface area (Å²) in [5.41, 5.74) is 18.0. The molecule has 0 saturated heterocycles. The maximum atomic E-state index is 2.47. The van der Waals surface area contributed by atoms with Crippen LogP contribution in [0.15, 0.2) is 279 Å². The van der Waals surface area contributed by atoms with E-state index in [2.05, 4.69) is 289 Å². The van der Waals surface area contributed by atoms with Gasteiger partial charge in [0.1, 0.15) is 0 Å². The Hall–Kier alpha value is -8.76. The summed E-state index contributed by atoms with van der Waals surface area (Å²) >= 11 is 1.85. The Kier molecular flexibility index (Phi) is 11.2. The zero-order valence-corrected chi connectivity index (χ0v) is 38.7. The molecule has 11 aromatic carbocycles. The molecule has 69 heavy (non-hydrogen) atoms. The molecule has 2 nitrogen and oxygen atoms in total. The van der Waals surface area contributed by atoms with Crippen molar-refractivity contribution in [3.8, 4) is 55.6 Å². The summed E-state index contributed by atoms with van der Waals surface area (Å²) in [6.07, 6.45) is 0. The highest BCUT2D eigenvalue weighted by atomic mass is 32.1. The van der Waals surface area contributed by atoms with E-state index in [9.17, 15) is 0 Å². The van der Waals surface area contributed by atoms with Gasteiger partial charge in [-0.2, -0.15) is 0 Å². The van der Waals surface area contributed by atoms with Gasteiger partial charge in [-0.1, -0.05) is 206 Å². The highest BCUT2D eigenvalue weighted by Gasteiger charge is 2.26. The summed E-state index contributed by atoms with van der Waals surface area (Å²) in [6, 6.07) is 101. The van der Waals surface area contributed by atoms with Gasteiger partial charge in [0.15, 0.2) is 0 Å². The monoisotopic (exact) mass is 898 g/mol. The van der Waals surface area contributed by atoms with Gasteiger partial charge < -0.3 is 9.80 Å². The van der Waals surface area contributed by atoms with Crippen LogP contribution < -0.4 is 9.80 Å². The first-order valence-electron chi connectivity index (χ1n) is 23.5. The Balaban J connectivity index is 1.14. The van der Waals surface area contributed by atoms with Crippen LogP contribution in [0.25, 0.3) is 75.8 Å². The molecule has 0 bridgehead atoms. The molecule has 326 valence electrons. The third-order valence-corrected chi connectivity index (χ3v) is 14.2. The maximum absolute atomic E-state index is 2.47. The molecule has 0 fully saturated rings. The SMILES string of the molecule is c1ccc(-c2ccc(N(c3ccc(-c4ccccc4)cc3)c3cc(N(c4ccc(-c5ccccc5)cc4)c4ccc5sc6ccccc6c5c4)c(-c4ccccc4)cc3-c3ccccc3)cc2)cc1. The number of anilines is 6. The summed E-state index contributed by atoms with van der Waals surface area (Å²) in [4.78, 5) is 4.91. The van der Waals surface area contributed by atoms with E-state index in [1.807, 2.05) is 11.3 Å². The molecule has 0 aliphatic heterocycles. The topological polar surface area (TPSA) is 6.48 Å². The quantitative estimate of drug-likeness (QED) is 0.128. The van der Waals surface area contributed by atoms with Crippen molar-refractivity contribution in [2.75, 3.05) is 9.80 Å². The van der Waals surface area contributed by atoms with Crippen LogP contribution in [0, 0.1) is 0 Å². The Bertz CT molecular complexity index is 3580. The van der Waals surface area contributed by atoms with Crippen molar-refractivity contribution in [1.29, 1.82) is 0 Å². The Morgan fingerprint density at radius 1 is 0.217 bits per heavy atom. The average molecular weight is 899 g/mol. The van der Waals surface area contributed by atoms with Crippen LogP contribution in [0.2, 0.25) is 0 Å². The highest BCUT2D eigenvalue weighted by Crippen LogP contribution is 2.51. The molecule has 0 radical (unpaired) electrons. The predicted octanol–water partition coefficient (Wildman–Crippen LogP) is 19.3. The molecule has 0 saturated carbocycles. The molecular formula is C66H46N2S. The highest BCUT2D eigenvalue weighted by molar-refractivity contribution is 7.25. The van der Waals surface area contributed by atoms with E-state index in [0.717, 1.165) is 56.4 Å². The average Bonchev–Trinajstić information content (AvgIpc) is 3.81. The van der Waals surface area contributed by atoms with Gasteiger partial charge >= 0.3 is 0 Å². The molecular weight excluding hydrogens is 853 g/mol. The lowest BCUT2D eigenvalue weighted by molar-refractivity contribution is 1.25. The lowest BCUT2D eigenvalue weighted by Gasteiger charge is -2.33. The van der Waals surface area contributed by atoms with Crippen molar-refractivity contribution in [1.82, 2.24) is 0 Å². The molecule has 0 amide bonds. The lowest BCUT2D eigenvalue weighted by atomic mass is 9.93. The summed E-state index contributed by atoms with van der Waals surface area (Å²) in [7, 11) is 0. The van der Waals surface area contributed by atoms with E-state index in [0.29, 0.717) is 0 Å². The van der Waals surface area contributed by atoms with Crippen LogP contribution >= 0.6 is 11.3 Å². The van der Waals surface area contributed by atoms with Gasteiger partial charge in [0, 0.05) is 54.0 Å². The van der Waals surface area contributed by atoms with Gasteiger partial charge in [0.2, 0.25) is 0 Å². The maximum Gasteiger partial charge on any atom is 0.0561 e. The number of fused-ring (bicyclic) bond motifs is 3. The molecule has 0 aliphatic rings. The molecule has 0 atom stereocenters. The first-order chi connectivity index (χ1) is 34.2. The standard InChI is InChI=1S/C66H46N2S/c1-6-18-47(19-7-1)50-30-36-55(37-31-50)67(56-38-32-51(33-39-56)48-20-8-2-9-21-48)63-46-64(61(54-26-14-5-15-27-54)45-60(63)53-24-12-4-13-25-53)68(57-40-34-52(35-41-57)49-22-10-3-11-23-49)58-42-43-66-62(44-58)59-28-16-17-29-65(59)69-66/h1-46H. The van der Waals surface area contributed by atoms with Crippen molar-refractivity contribution < 1.29 is 0 Å². The van der Waals surface area contributed by atoms with Gasteiger partial charge in [-0.25, -0.2) is 0 Å². The first kappa shape index (κ1) is 41.7. The predicted molar refractivity (Wildman–Crippen MR) is 296 cm³/mol. The van der Waals surface area contributed by atoms with Crippen molar-refractivity contribution >= 4 is 65.6 Å². The minimum atomic E-state index is 1.06. The molecule has 12 aromatic rings. The fourth-order valence-corrected chi connectivity index (χ4v) is 10.7. The third-order valence-electron chi connectivity index (χ3n) is 13.1. The van der Waals surface area contributed by atoms with Crippen LogP contribution in [-0.2, 0) is 0 Å². The van der Waals surface area contributed by atoms with Gasteiger partial charge in [-0.3, -0.25) is 0 Å². The van der Waals surface area contributed by atoms with E-state index < -0.39 is 0 Å². The van der Waals surface area contributed by atoms with E-state index in [-0.39, 0.29) is 0 Å². The zero-order chi connectivity index (χ0) is 45.9. The van der Waals surface area contributed by atoms with Crippen molar-refractivity contribution in [2.45, 2.75) is 0 Å². The van der Waals surface area contributed by atoms with E-state index in [1.165, 1.54) is 53.6 Å². The Morgan fingerprint density at radius 3 is 0.957 bits per heavy atom. The van der Waals surface area contributed by atoms with E-state index in [4.69, 9.17) is 0 Å². The molecule has 0 spiro atoms. The molecule has 0 N–H and O–H groups in total. The molecule has 12 rings (SSSR count). The van der Waals surface area contributed by atoms with Crippen LogP contribution in [0.1, 0.15) is 0 Å². The second-order valence-corrected chi connectivity index (χ2v) is 18.4. The van der Waals surface area contributed by atoms with E-state index >= 15 is 0 Å². The normalized spacial score (nSPS) is 11.2. The Morgan fingerprint density at radius 2 is 0.536 bits per heavy atom. The van der Waals surface area contributed by atoms with Crippen molar-refractivity contribution in [3.05, 3.63) is 279 Å². The molecule has 1 aromatic heterocycles. The number of rotatable bonds is 11. The number of thiophene rings is 1. The molecule has 0 unspecified atom stereocenters. The van der Waals surface area contributed by atoms with E-state index in [1.54, 1.807) is 0 Å². The first-order valence-corrected chi connectivity index (χ1v) is 24.3. The lowest BCUT2D eigenvalue weighted by Crippen LogP contribution is -2.15. The summed E-state index contributed by atoms with van der Waals surface area (Å²) in [5.74, 6) is 0. The van der Waals surface area contributed by atoms with Gasteiger partial charge in [0.25, 0.3) is 0 Å². The zero-order valence-electron chi connectivity index (χ0n) is 37.9. The molecule has 3 heteroatoms. The van der Waals surface area contributed by atoms with Crippen molar-refractivity contribution in [2.24, 2.45) is 0 Å². The summed E-state index contributed by atoms with van der Waals surface area (Å²) in [6.45, 7) is 0. The molecule has 1 heterocycles. The fraction of sp³-hybridized carbons (Fsp3) is 0. The van der Waals surface area contributed by atoms with Crippen LogP contribution in [0.4, 0.5) is 34.1 Å². The smallest absolute Gasteiger partial charge is 0.0561 e. The summed E-state index contributed by atoms with van der Waals surface area (Å²) in [5, 5.41) is 2.52. The number of benzene rings is 11. The van der Waals surface area contributed by atoms with Gasteiger partial charge in [0.05, 0.1) is 11.4 Å². The van der Waals surface area contributed by atoms with Gasteiger partial charge in [-0.15, -0.1) is 11.3 Å². The van der Waals surface area contributed by atoms with Crippen LogP contribution in [-0.4, -0.2) is 0 Å². The summed E-state index contributed by atoms with van der Waals surface area (Å²) < 4.78 is 2.56. The minimum Gasteiger partial charge on any atom is -0.310 e. The second-order valence-electron chi connectivity index (χ2n) is 17.3. The number of nitrogens with zero attached hydrogens (tertiary/aromatic N) is 2. The fourth-order valence-electron chi connectivity index (χ4n) is 9.65. The van der Waals surface area contributed by atoms with Gasteiger partial charge in [-0.05, 0) is 117 Å². The largest absolute Gasteiger partial charge is 0.310 e. The number of hydrogen-bond acceptors (Lipinski definition) is 3. The third kappa shape index (κ3) is 8.27. The second kappa shape index (κ2) is 18.5. The number of hydrogen-bond donors (Lipinski definition) is 0. The molecule has 0 aliphatic carbocycles.